The van der Waals surface area contributed by atoms with Gasteiger partial charge in [0.1, 0.15) is 0 Å². The minimum Gasteiger partial charge on any atom is -0.242 e. The molecular weight excluding hydrogens is 430 g/mol. The average Bonchev–Trinajstić information content (AvgIpc) is 2.74. The van der Waals surface area contributed by atoms with Gasteiger partial charge in [-0.25, -0.2) is 9.98 Å². The van der Waals surface area contributed by atoms with Crippen molar-refractivity contribution in [2.45, 2.75) is 12.4 Å². The molecule has 0 aliphatic heterocycles. The third kappa shape index (κ3) is 4.64. The smallest absolute Gasteiger partial charge is 0.242 e. The summed E-state index contributed by atoms with van der Waals surface area (Å²) in [6.07, 6.45) is -10.8. The van der Waals surface area contributed by atoms with E-state index in [0.29, 0.717) is 10.8 Å². The van der Waals surface area contributed by atoms with Crippen LogP contribution in [0, 0.1) is 0 Å². The van der Waals surface area contributed by atoms with Gasteiger partial charge in [-0.15, -0.1) is 0 Å². The number of halogens is 6. The lowest BCUT2D eigenvalue weighted by Crippen LogP contribution is -2.40. The Morgan fingerprint density at radius 2 is 0.812 bits per heavy atom. The molecule has 0 radical (unpaired) electrons. The van der Waals surface area contributed by atoms with Gasteiger partial charge in [0.25, 0.3) is 0 Å². The van der Waals surface area contributed by atoms with Gasteiger partial charge in [0.05, 0.1) is 11.4 Å². The number of fused-ring (bicyclic) bond motifs is 2. The van der Waals surface area contributed by atoms with E-state index in [2.05, 4.69) is 9.98 Å². The predicted molar refractivity (Wildman–Crippen MR) is 114 cm³/mol. The maximum atomic E-state index is 13.7. The Hall–Kier alpha value is -3.68. The first kappa shape index (κ1) is 21.5. The highest BCUT2D eigenvalue weighted by Crippen LogP contribution is 2.32. The summed E-state index contributed by atoms with van der Waals surface area (Å²) in [5.41, 5.74) is -4.72. The molecule has 0 unspecified atom stereocenters. The zero-order valence-corrected chi connectivity index (χ0v) is 16.2. The van der Waals surface area contributed by atoms with E-state index in [0.717, 1.165) is 10.8 Å². The van der Waals surface area contributed by atoms with Gasteiger partial charge >= 0.3 is 12.4 Å². The third-order valence-corrected chi connectivity index (χ3v) is 4.71. The lowest BCUT2D eigenvalue weighted by Gasteiger charge is -2.16. The van der Waals surface area contributed by atoms with Crippen LogP contribution in [-0.4, -0.2) is 23.8 Å². The molecule has 0 N–H and O–H groups in total. The van der Waals surface area contributed by atoms with E-state index in [9.17, 15) is 26.3 Å². The second kappa shape index (κ2) is 8.11. The van der Waals surface area contributed by atoms with Crippen molar-refractivity contribution in [1.82, 2.24) is 0 Å². The van der Waals surface area contributed by atoms with Gasteiger partial charge in [0, 0.05) is 0 Å². The molecule has 0 aromatic heterocycles. The van der Waals surface area contributed by atoms with Crippen LogP contribution in [0.15, 0.2) is 94.9 Å². The lowest BCUT2D eigenvalue weighted by molar-refractivity contribution is -0.0709. The maximum absolute atomic E-state index is 13.7. The van der Waals surface area contributed by atoms with E-state index in [1.54, 1.807) is 48.5 Å². The molecule has 4 rings (SSSR count). The highest BCUT2D eigenvalue weighted by molar-refractivity contribution is 6.47. The molecule has 162 valence electrons. The molecule has 0 fully saturated rings. The zero-order chi connectivity index (χ0) is 22.9. The quantitative estimate of drug-likeness (QED) is 0.226. The summed E-state index contributed by atoms with van der Waals surface area (Å²) in [4.78, 5) is 6.69. The Labute approximate surface area is 178 Å². The van der Waals surface area contributed by atoms with Crippen LogP contribution in [0.1, 0.15) is 0 Å². The third-order valence-electron chi connectivity index (χ3n) is 4.71. The molecule has 0 spiro atoms. The molecule has 2 nitrogen and oxygen atoms in total. The van der Waals surface area contributed by atoms with Crippen LogP contribution in [0.4, 0.5) is 37.7 Å². The van der Waals surface area contributed by atoms with E-state index in [1.165, 1.54) is 36.4 Å². The topological polar surface area (TPSA) is 24.7 Å². The monoisotopic (exact) mass is 444 g/mol. The van der Waals surface area contributed by atoms with Gasteiger partial charge < -0.3 is 0 Å². The maximum Gasteiger partial charge on any atom is 0.435 e. The summed E-state index contributed by atoms with van der Waals surface area (Å²) >= 11 is 0. The normalized spacial score (nSPS) is 13.7. The number of benzene rings is 4. The van der Waals surface area contributed by atoms with Crippen LogP contribution in [0.25, 0.3) is 21.5 Å². The Morgan fingerprint density at radius 3 is 1.16 bits per heavy atom. The van der Waals surface area contributed by atoms with Gasteiger partial charge in [-0.05, 0) is 45.8 Å². The second-order valence-electron chi connectivity index (χ2n) is 6.98. The van der Waals surface area contributed by atoms with E-state index in [4.69, 9.17) is 0 Å². The van der Waals surface area contributed by atoms with Crippen molar-refractivity contribution in [3.05, 3.63) is 84.9 Å². The first-order chi connectivity index (χ1) is 15.1. The largest absolute Gasteiger partial charge is 0.435 e. The molecule has 32 heavy (non-hydrogen) atoms. The second-order valence-corrected chi connectivity index (χ2v) is 6.98. The molecule has 8 heteroatoms. The first-order valence-corrected chi connectivity index (χ1v) is 9.41. The van der Waals surface area contributed by atoms with E-state index in [-0.39, 0.29) is 11.4 Å². The fourth-order valence-electron chi connectivity index (χ4n) is 3.25. The number of aliphatic imine (C=N–C) groups is 2. The molecule has 0 saturated carbocycles. The van der Waals surface area contributed by atoms with Crippen molar-refractivity contribution < 1.29 is 26.3 Å². The molecule has 0 aliphatic carbocycles. The molecule has 4 aromatic rings. The van der Waals surface area contributed by atoms with Crippen LogP contribution >= 0.6 is 0 Å². The van der Waals surface area contributed by atoms with Gasteiger partial charge in [0.15, 0.2) is 11.4 Å². The number of hydrogen-bond acceptors (Lipinski definition) is 2. The fourth-order valence-corrected chi connectivity index (χ4v) is 3.25. The van der Waals surface area contributed by atoms with Crippen LogP contribution in [0.3, 0.4) is 0 Å². The highest BCUT2D eigenvalue weighted by Gasteiger charge is 2.50. The standard InChI is InChI=1S/C24H14F6N2/c25-23(26,27)21(31-19-11-9-15-5-1-3-7-17(15)13-19)22(24(28,29)30)32-20-12-10-16-6-2-4-8-18(16)14-20/h1-14H. The van der Waals surface area contributed by atoms with Crippen molar-refractivity contribution in [1.29, 1.82) is 0 Å². The van der Waals surface area contributed by atoms with Crippen molar-refractivity contribution >= 4 is 44.3 Å². The number of rotatable bonds is 3. The molecule has 4 aromatic carbocycles. The van der Waals surface area contributed by atoms with Crippen molar-refractivity contribution in [3.8, 4) is 0 Å². The highest BCUT2D eigenvalue weighted by atomic mass is 19.4. The van der Waals surface area contributed by atoms with Crippen LogP contribution in [-0.2, 0) is 0 Å². The molecule has 0 heterocycles. The number of hydrogen-bond donors (Lipinski definition) is 0. The predicted octanol–water partition coefficient (Wildman–Crippen LogP) is 7.96. The molecular formula is C24H14F6N2. The van der Waals surface area contributed by atoms with Gasteiger partial charge in [-0.3, -0.25) is 0 Å². The molecule has 0 saturated heterocycles. The minimum absolute atomic E-state index is 0.258. The van der Waals surface area contributed by atoms with Gasteiger partial charge in [-0.2, -0.15) is 26.3 Å². The summed E-state index contributed by atoms with van der Waals surface area (Å²) in [5.74, 6) is 0. The van der Waals surface area contributed by atoms with E-state index < -0.39 is 23.8 Å². The zero-order valence-electron chi connectivity index (χ0n) is 16.2. The minimum atomic E-state index is -5.38. The Balaban J connectivity index is 1.88. The van der Waals surface area contributed by atoms with E-state index in [1.807, 2.05) is 0 Å². The summed E-state index contributed by atoms with van der Waals surface area (Å²) in [7, 11) is 0. The van der Waals surface area contributed by atoms with Gasteiger partial charge in [0.2, 0.25) is 0 Å². The average molecular weight is 444 g/mol. The van der Waals surface area contributed by atoms with Crippen LogP contribution in [0.5, 0.6) is 0 Å². The summed E-state index contributed by atoms with van der Waals surface area (Å²) in [6.45, 7) is 0. The summed E-state index contributed by atoms with van der Waals surface area (Å²) in [5, 5.41) is 2.55. The molecule has 0 atom stereocenters. The Kier molecular flexibility index (Phi) is 5.46. The van der Waals surface area contributed by atoms with Crippen molar-refractivity contribution in [3.63, 3.8) is 0 Å². The fraction of sp³-hybridized carbons (Fsp3) is 0.0833. The summed E-state index contributed by atoms with van der Waals surface area (Å²) in [6, 6.07) is 21.6. The van der Waals surface area contributed by atoms with Crippen molar-refractivity contribution in [2.75, 3.05) is 0 Å². The molecule has 0 aliphatic rings. The van der Waals surface area contributed by atoms with Crippen LogP contribution in [0.2, 0.25) is 0 Å². The van der Waals surface area contributed by atoms with E-state index >= 15 is 0 Å². The number of alkyl halides is 6. The summed E-state index contributed by atoms with van der Waals surface area (Å²) < 4.78 is 82.5. The molecule has 0 bridgehead atoms. The Bertz CT molecular complexity index is 1240. The number of nitrogens with zero attached hydrogens (tertiary/aromatic N) is 2. The van der Waals surface area contributed by atoms with Crippen LogP contribution < -0.4 is 0 Å². The van der Waals surface area contributed by atoms with Crippen molar-refractivity contribution in [2.24, 2.45) is 9.98 Å². The SMILES string of the molecule is FC(F)(F)C(=Nc1ccc2ccccc2c1)C(=Nc1ccc2ccccc2c1)C(F)(F)F. The lowest BCUT2D eigenvalue weighted by atomic mass is 10.1. The molecule has 0 amide bonds. The first-order valence-electron chi connectivity index (χ1n) is 9.41. The Morgan fingerprint density at radius 1 is 0.469 bits per heavy atom. The van der Waals surface area contributed by atoms with Gasteiger partial charge in [-0.1, -0.05) is 60.7 Å².